The summed E-state index contributed by atoms with van der Waals surface area (Å²) in [5.74, 6) is -0.500. The summed E-state index contributed by atoms with van der Waals surface area (Å²) in [5, 5.41) is 6.90. The van der Waals surface area contributed by atoms with E-state index in [-0.39, 0.29) is 23.7 Å². The van der Waals surface area contributed by atoms with E-state index in [1.54, 1.807) is 14.0 Å². The zero-order valence-electron chi connectivity index (χ0n) is 9.70. The molecule has 0 aliphatic carbocycles. The van der Waals surface area contributed by atoms with Gasteiger partial charge in [-0.05, 0) is 14.0 Å². The summed E-state index contributed by atoms with van der Waals surface area (Å²) in [7, 11) is 1.70. The lowest BCUT2D eigenvalue weighted by Gasteiger charge is -2.07. The highest BCUT2D eigenvalue weighted by atomic mass is 35.5. The van der Waals surface area contributed by atoms with Gasteiger partial charge in [0.15, 0.2) is 0 Å². The molecule has 0 aromatic carbocycles. The van der Waals surface area contributed by atoms with Crippen LogP contribution in [0.1, 0.15) is 12.5 Å². The topological polar surface area (TPSA) is 73.2 Å². The minimum absolute atomic E-state index is 0.208. The quantitative estimate of drug-likeness (QED) is 0.764. The van der Waals surface area contributed by atoms with E-state index in [9.17, 15) is 9.59 Å². The third-order valence-electron chi connectivity index (χ3n) is 2.03. The lowest BCUT2D eigenvalue weighted by atomic mass is 10.3. The van der Waals surface area contributed by atoms with Crippen molar-refractivity contribution in [3.63, 3.8) is 0 Å². The lowest BCUT2D eigenvalue weighted by Crippen LogP contribution is -2.31. The van der Waals surface area contributed by atoms with E-state index in [1.165, 1.54) is 6.20 Å². The minimum Gasteiger partial charge on any atom is -0.465 e. The van der Waals surface area contributed by atoms with Gasteiger partial charge in [0, 0.05) is 6.54 Å². The predicted octanol–water partition coefficient (Wildman–Crippen LogP) is 0.179. The average molecular weight is 260 g/mol. The van der Waals surface area contributed by atoms with E-state index in [0.717, 1.165) is 4.68 Å². The van der Waals surface area contributed by atoms with Crippen LogP contribution in [0, 0.1) is 0 Å². The van der Waals surface area contributed by atoms with E-state index in [1.807, 2.05) is 0 Å². The maximum Gasteiger partial charge on any atom is 0.327 e. The highest BCUT2D eigenvalue weighted by molar-refractivity contribution is 6.31. The Kier molecular flexibility index (Phi) is 5.11. The van der Waals surface area contributed by atoms with Crippen LogP contribution < -0.4 is 10.9 Å². The molecule has 0 aliphatic rings. The third kappa shape index (κ3) is 3.54. The number of hydrogen-bond donors (Lipinski definition) is 1. The molecule has 0 amide bonds. The molecule has 1 rings (SSSR count). The summed E-state index contributed by atoms with van der Waals surface area (Å²) in [5.41, 5.74) is -0.00614. The number of carbonyl (C=O) groups excluding carboxylic acids is 1. The van der Waals surface area contributed by atoms with Crippen molar-refractivity contribution in [3.8, 4) is 0 Å². The Morgan fingerprint density at radius 1 is 1.65 bits per heavy atom. The fraction of sp³-hybridized carbons (Fsp3) is 0.500. The van der Waals surface area contributed by atoms with Crippen molar-refractivity contribution in [2.45, 2.75) is 20.0 Å². The third-order valence-corrected chi connectivity index (χ3v) is 2.35. The van der Waals surface area contributed by atoms with Gasteiger partial charge in [-0.15, -0.1) is 0 Å². The van der Waals surface area contributed by atoms with Crippen LogP contribution >= 0.6 is 11.6 Å². The van der Waals surface area contributed by atoms with Crippen molar-refractivity contribution >= 4 is 17.6 Å². The van der Waals surface area contributed by atoms with Gasteiger partial charge in [0.25, 0.3) is 5.56 Å². The number of nitrogens with zero attached hydrogens (tertiary/aromatic N) is 2. The molecule has 1 aromatic rings. The van der Waals surface area contributed by atoms with Crippen molar-refractivity contribution in [3.05, 3.63) is 27.1 Å². The second-order valence-electron chi connectivity index (χ2n) is 3.27. The van der Waals surface area contributed by atoms with E-state index in [4.69, 9.17) is 16.3 Å². The van der Waals surface area contributed by atoms with E-state index < -0.39 is 5.97 Å². The molecule has 17 heavy (non-hydrogen) atoms. The molecule has 1 aromatic heterocycles. The SMILES string of the molecule is CCOC(=O)Cn1ncc(Cl)c(CNC)c1=O. The molecule has 94 valence electrons. The number of carbonyl (C=O) groups is 1. The summed E-state index contributed by atoms with van der Waals surface area (Å²) >= 11 is 5.85. The van der Waals surface area contributed by atoms with Gasteiger partial charge in [-0.2, -0.15) is 5.10 Å². The molecular weight excluding hydrogens is 246 g/mol. The Labute approximate surface area is 104 Å². The Morgan fingerprint density at radius 3 is 2.94 bits per heavy atom. The summed E-state index contributed by atoms with van der Waals surface area (Å²) in [6.45, 7) is 2.08. The molecule has 0 radical (unpaired) electrons. The fourth-order valence-electron chi connectivity index (χ4n) is 1.29. The Balaban J connectivity index is 2.98. The summed E-state index contributed by atoms with van der Waals surface area (Å²) in [4.78, 5) is 23.1. The first-order chi connectivity index (χ1) is 8.10. The number of halogens is 1. The zero-order chi connectivity index (χ0) is 12.8. The van der Waals surface area contributed by atoms with Gasteiger partial charge in [-0.25, -0.2) is 4.68 Å². The van der Waals surface area contributed by atoms with Crippen molar-refractivity contribution in [2.75, 3.05) is 13.7 Å². The highest BCUT2D eigenvalue weighted by Crippen LogP contribution is 2.08. The maximum absolute atomic E-state index is 11.9. The normalized spacial score (nSPS) is 10.3. The van der Waals surface area contributed by atoms with Gasteiger partial charge < -0.3 is 10.1 Å². The monoisotopic (exact) mass is 259 g/mol. The molecule has 0 unspecified atom stereocenters. The number of rotatable bonds is 5. The Morgan fingerprint density at radius 2 is 2.35 bits per heavy atom. The van der Waals surface area contributed by atoms with Gasteiger partial charge in [0.2, 0.25) is 0 Å². The summed E-state index contributed by atoms with van der Waals surface area (Å²) < 4.78 is 5.78. The standard InChI is InChI=1S/C10H14ClN3O3/c1-3-17-9(15)6-14-10(16)7(4-12-2)8(11)5-13-14/h5,12H,3-4,6H2,1-2H3. The zero-order valence-corrected chi connectivity index (χ0v) is 10.5. The van der Waals surface area contributed by atoms with Crippen LogP contribution in [0.2, 0.25) is 5.02 Å². The number of esters is 1. The smallest absolute Gasteiger partial charge is 0.327 e. The Bertz CT molecular complexity index is 459. The van der Waals surface area contributed by atoms with Gasteiger partial charge in [0.1, 0.15) is 6.54 Å². The number of ether oxygens (including phenoxy) is 1. The predicted molar refractivity (Wildman–Crippen MR) is 62.9 cm³/mol. The molecule has 0 fully saturated rings. The van der Waals surface area contributed by atoms with Crippen molar-refractivity contribution in [1.29, 1.82) is 0 Å². The number of nitrogens with one attached hydrogen (secondary N) is 1. The molecule has 0 saturated carbocycles. The number of aromatic nitrogens is 2. The molecule has 1 heterocycles. The molecular formula is C10H14ClN3O3. The first-order valence-electron chi connectivity index (χ1n) is 5.14. The van der Waals surface area contributed by atoms with Crippen LogP contribution in [-0.4, -0.2) is 29.4 Å². The van der Waals surface area contributed by atoms with Gasteiger partial charge in [-0.1, -0.05) is 11.6 Å². The van der Waals surface area contributed by atoms with Gasteiger partial charge >= 0.3 is 5.97 Å². The van der Waals surface area contributed by atoms with Crippen LogP contribution in [-0.2, 0) is 22.6 Å². The van der Waals surface area contributed by atoms with Crippen molar-refractivity contribution < 1.29 is 9.53 Å². The van der Waals surface area contributed by atoms with Crippen LogP contribution in [0.5, 0.6) is 0 Å². The van der Waals surface area contributed by atoms with E-state index in [2.05, 4.69) is 10.4 Å². The molecule has 0 saturated heterocycles. The van der Waals surface area contributed by atoms with Crippen LogP contribution in [0.3, 0.4) is 0 Å². The maximum atomic E-state index is 11.9. The van der Waals surface area contributed by atoms with Crippen LogP contribution in [0.15, 0.2) is 11.0 Å². The first-order valence-corrected chi connectivity index (χ1v) is 5.52. The van der Waals surface area contributed by atoms with E-state index >= 15 is 0 Å². The van der Waals surface area contributed by atoms with Crippen LogP contribution in [0.4, 0.5) is 0 Å². The number of hydrogen-bond acceptors (Lipinski definition) is 5. The molecule has 0 spiro atoms. The van der Waals surface area contributed by atoms with E-state index in [0.29, 0.717) is 12.1 Å². The lowest BCUT2D eigenvalue weighted by molar-refractivity contribution is -0.144. The first kappa shape index (κ1) is 13.7. The summed E-state index contributed by atoms with van der Waals surface area (Å²) in [6.07, 6.45) is 1.34. The summed E-state index contributed by atoms with van der Waals surface area (Å²) in [6, 6.07) is 0. The minimum atomic E-state index is -0.500. The molecule has 1 N–H and O–H groups in total. The van der Waals surface area contributed by atoms with Crippen molar-refractivity contribution in [1.82, 2.24) is 15.1 Å². The molecule has 0 aliphatic heterocycles. The average Bonchev–Trinajstić information content (AvgIpc) is 2.29. The molecule has 6 nitrogen and oxygen atoms in total. The second kappa shape index (κ2) is 6.36. The molecule has 7 heteroatoms. The molecule has 0 bridgehead atoms. The van der Waals surface area contributed by atoms with Crippen molar-refractivity contribution in [2.24, 2.45) is 0 Å². The fourth-order valence-corrected chi connectivity index (χ4v) is 1.48. The van der Waals surface area contributed by atoms with Gasteiger partial charge in [0.05, 0.1) is 23.4 Å². The van der Waals surface area contributed by atoms with Crippen LogP contribution in [0.25, 0.3) is 0 Å². The second-order valence-corrected chi connectivity index (χ2v) is 3.68. The Hall–Kier alpha value is -1.40. The van der Waals surface area contributed by atoms with Gasteiger partial charge in [-0.3, -0.25) is 9.59 Å². The largest absolute Gasteiger partial charge is 0.465 e. The molecule has 0 atom stereocenters. The highest BCUT2D eigenvalue weighted by Gasteiger charge is 2.12.